The van der Waals surface area contributed by atoms with Gasteiger partial charge in [0.1, 0.15) is 11.5 Å². The number of furan rings is 1. The predicted molar refractivity (Wildman–Crippen MR) is 119 cm³/mol. The Hall–Kier alpha value is -3.38. The molecule has 0 radical (unpaired) electrons. The second-order valence-corrected chi connectivity index (χ2v) is 7.51. The zero-order valence-corrected chi connectivity index (χ0v) is 17.1. The highest BCUT2D eigenvalue weighted by Gasteiger charge is 2.09. The van der Waals surface area contributed by atoms with Crippen LogP contribution in [0.4, 0.5) is 0 Å². The molecule has 0 unspecified atom stereocenters. The van der Waals surface area contributed by atoms with Crippen LogP contribution in [0.3, 0.4) is 0 Å². The van der Waals surface area contributed by atoms with E-state index in [4.69, 9.17) is 9.15 Å². The van der Waals surface area contributed by atoms with Crippen LogP contribution in [0.2, 0.25) is 0 Å². The Morgan fingerprint density at radius 3 is 2.79 bits per heavy atom. The van der Waals surface area contributed by atoms with Crippen molar-refractivity contribution in [2.24, 2.45) is 10.1 Å². The summed E-state index contributed by atoms with van der Waals surface area (Å²) in [6.07, 6.45) is 3.33. The molecule has 0 aliphatic carbocycles. The molecule has 4 aromatic rings. The average Bonchev–Trinajstić information content (AvgIpc) is 3.39. The lowest BCUT2D eigenvalue weighted by Crippen LogP contribution is -2.12. The molecular weight excluding hydrogens is 382 g/mol. The van der Waals surface area contributed by atoms with Gasteiger partial charge in [-0.2, -0.15) is 5.10 Å². The quantitative estimate of drug-likeness (QED) is 0.323. The first-order chi connectivity index (χ1) is 14.1. The van der Waals surface area contributed by atoms with Crippen molar-refractivity contribution in [3.63, 3.8) is 0 Å². The first kappa shape index (κ1) is 19.0. The van der Waals surface area contributed by atoms with Gasteiger partial charge in [-0.15, -0.1) is 11.3 Å². The summed E-state index contributed by atoms with van der Waals surface area (Å²) in [4.78, 5) is 5.46. The Morgan fingerprint density at radius 2 is 2.03 bits per heavy atom. The van der Waals surface area contributed by atoms with Gasteiger partial charge >= 0.3 is 0 Å². The monoisotopic (exact) mass is 403 g/mol. The Kier molecular flexibility index (Phi) is 5.44. The van der Waals surface area contributed by atoms with E-state index in [1.54, 1.807) is 30.9 Å². The standard InChI is InChI=1S/C23H21N3O2S/c1-16(2)13-24-23-26(25-14-21-5-4-10-28-21)22(15-29-23)19-7-6-18-12-20(27-3)9-8-17(18)11-19/h4-12,14-15H,1,13H2,2-3H3. The number of aromatic nitrogens is 1. The van der Waals surface area contributed by atoms with E-state index in [0.717, 1.165) is 38.2 Å². The number of hydrogen-bond acceptors (Lipinski definition) is 5. The predicted octanol–water partition coefficient (Wildman–Crippen LogP) is 5.33. The van der Waals surface area contributed by atoms with E-state index >= 15 is 0 Å². The van der Waals surface area contributed by atoms with Gasteiger partial charge in [0.15, 0.2) is 0 Å². The van der Waals surface area contributed by atoms with Gasteiger partial charge in [0.25, 0.3) is 0 Å². The van der Waals surface area contributed by atoms with Crippen molar-refractivity contribution in [1.29, 1.82) is 0 Å². The molecule has 29 heavy (non-hydrogen) atoms. The summed E-state index contributed by atoms with van der Waals surface area (Å²) in [5, 5.41) is 8.97. The van der Waals surface area contributed by atoms with Crippen LogP contribution >= 0.6 is 11.3 Å². The second kappa shape index (κ2) is 8.32. The van der Waals surface area contributed by atoms with Crippen LogP contribution in [-0.2, 0) is 0 Å². The number of fused-ring (bicyclic) bond motifs is 1. The van der Waals surface area contributed by atoms with Crippen molar-refractivity contribution >= 4 is 28.3 Å². The molecule has 0 amide bonds. The van der Waals surface area contributed by atoms with Crippen molar-refractivity contribution in [2.45, 2.75) is 6.92 Å². The molecule has 0 atom stereocenters. The molecule has 0 bridgehead atoms. The van der Waals surface area contributed by atoms with Gasteiger partial charge in [-0.25, -0.2) is 4.68 Å². The minimum Gasteiger partial charge on any atom is -0.497 e. The third-order valence-electron chi connectivity index (χ3n) is 4.36. The molecule has 4 rings (SSSR count). The summed E-state index contributed by atoms with van der Waals surface area (Å²) >= 11 is 1.55. The molecule has 0 N–H and O–H groups in total. The Bertz CT molecular complexity index is 1250. The molecule has 0 saturated heterocycles. The molecule has 5 nitrogen and oxygen atoms in total. The van der Waals surface area contributed by atoms with E-state index in [1.807, 2.05) is 35.9 Å². The van der Waals surface area contributed by atoms with Gasteiger partial charge in [0, 0.05) is 10.9 Å². The number of rotatable bonds is 6. The van der Waals surface area contributed by atoms with E-state index in [1.165, 1.54) is 0 Å². The van der Waals surface area contributed by atoms with Crippen LogP contribution in [0, 0.1) is 0 Å². The van der Waals surface area contributed by atoms with Crippen LogP contribution < -0.4 is 9.54 Å². The second-order valence-electron chi connectivity index (χ2n) is 6.68. The van der Waals surface area contributed by atoms with Crippen molar-refractivity contribution < 1.29 is 9.15 Å². The highest BCUT2D eigenvalue weighted by molar-refractivity contribution is 7.07. The molecule has 6 heteroatoms. The molecular formula is C23H21N3O2S. The van der Waals surface area contributed by atoms with Gasteiger partial charge in [0.05, 0.1) is 31.8 Å². The van der Waals surface area contributed by atoms with Crippen molar-refractivity contribution in [3.8, 4) is 17.0 Å². The van der Waals surface area contributed by atoms with E-state index in [9.17, 15) is 0 Å². The number of ether oxygens (including phenoxy) is 1. The molecule has 2 aromatic heterocycles. The first-order valence-corrected chi connectivity index (χ1v) is 10.0. The molecule has 0 spiro atoms. The minimum absolute atomic E-state index is 0.563. The number of nitrogens with zero attached hydrogens (tertiary/aromatic N) is 3. The SMILES string of the molecule is C=C(C)CN=c1scc(-c2ccc3cc(OC)ccc3c2)n1N=Cc1ccco1. The Balaban J connectivity index is 1.81. The maximum atomic E-state index is 5.38. The fourth-order valence-corrected chi connectivity index (χ4v) is 3.75. The highest BCUT2D eigenvalue weighted by Crippen LogP contribution is 2.27. The van der Waals surface area contributed by atoms with E-state index < -0.39 is 0 Å². The van der Waals surface area contributed by atoms with Crippen LogP contribution in [0.1, 0.15) is 12.7 Å². The van der Waals surface area contributed by atoms with Gasteiger partial charge < -0.3 is 9.15 Å². The van der Waals surface area contributed by atoms with Gasteiger partial charge in [-0.1, -0.05) is 30.4 Å². The fourth-order valence-electron chi connectivity index (χ4n) is 2.91. The van der Waals surface area contributed by atoms with E-state index in [2.05, 4.69) is 46.3 Å². The molecule has 2 heterocycles. The Labute approximate surface area is 172 Å². The molecule has 0 aliphatic heterocycles. The van der Waals surface area contributed by atoms with Crippen LogP contribution in [0.25, 0.3) is 22.0 Å². The topological polar surface area (TPSA) is 52.0 Å². The smallest absolute Gasteiger partial charge is 0.206 e. The average molecular weight is 404 g/mol. The lowest BCUT2D eigenvalue weighted by molar-refractivity contribution is 0.415. The summed E-state index contributed by atoms with van der Waals surface area (Å²) in [6.45, 7) is 6.47. The largest absolute Gasteiger partial charge is 0.497 e. The van der Waals surface area contributed by atoms with Gasteiger partial charge in [-0.3, -0.25) is 4.99 Å². The first-order valence-electron chi connectivity index (χ1n) is 9.15. The highest BCUT2D eigenvalue weighted by atomic mass is 32.1. The Morgan fingerprint density at radius 1 is 1.21 bits per heavy atom. The molecule has 2 aromatic carbocycles. The lowest BCUT2D eigenvalue weighted by Gasteiger charge is -2.07. The maximum Gasteiger partial charge on any atom is 0.206 e. The van der Waals surface area contributed by atoms with Gasteiger partial charge in [0.2, 0.25) is 4.80 Å². The van der Waals surface area contributed by atoms with Crippen molar-refractivity contribution in [2.75, 3.05) is 13.7 Å². The van der Waals surface area contributed by atoms with E-state index in [0.29, 0.717) is 12.3 Å². The van der Waals surface area contributed by atoms with Crippen molar-refractivity contribution in [3.05, 3.63) is 82.9 Å². The summed E-state index contributed by atoms with van der Waals surface area (Å²) < 4.78 is 12.6. The fraction of sp³-hybridized carbons (Fsp3) is 0.130. The lowest BCUT2D eigenvalue weighted by atomic mass is 10.1. The summed E-state index contributed by atoms with van der Waals surface area (Å²) in [5.41, 5.74) is 3.03. The number of hydrogen-bond donors (Lipinski definition) is 0. The molecule has 0 aliphatic rings. The van der Waals surface area contributed by atoms with Gasteiger partial charge in [-0.05, 0) is 48.0 Å². The molecule has 0 fully saturated rings. The van der Waals surface area contributed by atoms with Crippen LogP contribution in [0.15, 0.2) is 86.8 Å². The maximum absolute atomic E-state index is 5.38. The normalized spacial score (nSPS) is 12.1. The van der Waals surface area contributed by atoms with Crippen LogP contribution in [-0.4, -0.2) is 24.5 Å². The third-order valence-corrected chi connectivity index (χ3v) is 5.21. The zero-order chi connectivity index (χ0) is 20.2. The summed E-state index contributed by atoms with van der Waals surface area (Å²) in [6, 6.07) is 16.1. The summed E-state index contributed by atoms with van der Waals surface area (Å²) in [7, 11) is 1.68. The van der Waals surface area contributed by atoms with E-state index in [-0.39, 0.29) is 0 Å². The molecule has 0 saturated carbocycles. The number of thiazole rings is 1. The molecule has 146 valence electrons. The number of methoxy groups -OCH3 is 1. The number of benzene rings is 2. The van der Waals surface area contributed by atoms with Crippen LogP contribution in [0.5, 0.6) is 5.75 Å². The minimum atomic E-state index is 0.563. The third kappa shape index (κ3) is 4.22. The zero-order valence-electron chi connectivity index (χ0n) is 16.3. The van der Waals surface area contributed by atoms with Crippen molar-refractivity contribution in [1.82, 2.24) is 4.68 Å². The summed E-state index contributed by atoms with van der Waals surface area (Å²) in [5.74, 6) is 1.53.